The van der Waals surface area contributed by atoms with Gasteiger partial charge in [0.05, 0.1) is 6.54 Å². The number of hydrogen-bond acceptors (Lipinski definition) is 3. The number of fused-ring (bicyclic) bond motifs is 1. The Morgan fingerprint density at radius 1 is 1.47 bits per heavy atom. The van der Waals surface area contributed by atoms with Gasteiger partial charge in [-0.1, -0.05) is 6.07 Å². The summed E-state index contributed by atoms with van der Waals surface area (Å²) >= 11 is 0. The fraction of sp³-hybridized carbons (Fsp3) is 0.429. The summed E-state index contributed by atoms with van der Waals surface area (Å²) < 4.78 is 1.92. The average Bonchev–Trinajstić information content (AvgIpc) is 2.92. The molecule has 0 aromatic carbocycles. The molecule has 0 fully saturated rings. The molecule has 0 radical (unpaired) electrons. The van der Waals surface area contributed by atoms with Gasteiger partial charge in [0.15, 0.2) is 0 Å². The molecular formula is C14H18N4O. The van der Waals surface area contributed by atoms with Gasteiger partial charge in [0.1, 0.15) is 0 Å². The fourth-order valence-electron chi connectivity index (χ4n) is 2.70. The second-order valence-electron chi connectivity index (χ2n) is 4.92. The van der Waals surface area contributed by atoms with Crippen LogP contribution < -0.4 is 10.9 Å². The van der Waals surface area contributed by atoms with E-state index in [0.717, 1.165) is 38.0 Å². The highest BCUT2D eigenvalue weighted by atomic mass is 16.1. The number of nitrogens with one attached hydrogen (secondary N) is 2. The summed E-state index contributed by atoms with van der Waals surface area (Å²) in [5.41, 5.74) is 2.33. The summed E-state index contributed by atoms with van der Waals surface area (Å²) in [6, 6.07) is 5.85. The minimum absolute atomic E-state index is 0.00376. The van der Waals surface area contributed by atoms with Crippen LogP contribution in [-0.2, 0) is 13.0 Å². The van der Waals surface area contributed by atoms with Crippen LogP contribution in [0.1, 0.15) is 30.1 Å². The molecule has 0 bridgehead atoms. The fourth-order valence-corrected chi connectivity index (χ4v) is 2.70. The van der Waals surface area contributed by atoms with Crippen molar-refractivity contribution in [3.05, 3.63) is 52.2 Å². The zero-order valence-corrected chi connectivity index (χ0v) is 10.8. The largest absolute Gasteiger partial charge is 0.326 e. The van der Waals surface area contributed by atoms with Crippen LogP contribution in [0.2, 0.25) is 0 Å². The van der Waals surface area contributed by atoms with E-state index in [0.29, 0.717) is 6.04 Å². The summed E-state index contributed by atoms with van der Waals surface area (Å²) in [6.45, 7) is 1.74. The number of hydrogen-bond donors (Lipinski definition) is 2. The van der Waals surface area contributed by atoms with Gasteiger partial charge in [-0.25, -0.2) is 0 Å². The third kappa shape index (κ3) is 2.76. The highest BCUT2D eigenvalue weighted by Crippen LogP contribution is 2.27. The molecule has 1 aliphatic carbocycles. The third-order valence-corrected chi connectivity index (χ3v) is 3.62. The van der Waals surface area contributed by atoms with Gasteiger partial charge >= 0.3 is 0 Å². The SMILES string of the molecule is O=c1ccc2c([nH]1)CCCC2NCCn1cccn1. The Morgan fingerprint density at radius 2 is 2.42 bits per heavy atom. The topological polar surface area (TPSA) is 62.7 Å². The number of pyridine rings is 1. The first-order valence-corrected chi connectivity index (χ1v) is 6.76. The van der Waals surface area contributed by atoms with Crippen LogP contribution in [-0.4, -0.2) is 21.3 Å². The van der Waals surface area contributed by atoms with Crippen molar-refractivity contribution in [3.63, 3.8) is 0 Å². The average molecular weight is 258 g/mol. The summed E-state index contributed by atoms with van der Waals surface area (Å²) in [5, 5.41) is 7.74. The summed E-state index contributed by atoms with van der Waals surface area (Å²) in [5.74, 6) is 0. The zero-order valence-electron chi connectivity index (χ0n) is 10.8. The van der Waals surface area contributed by atoms with E-state index < -0.39 is 0 Å². The van der Waals surface area contributed by atoms with Gasteiger partial charge in [-0.15, -0.1) is 0 Å². The maximum atomic E-state index is 11.3. The second kappa shape index (κ2) is 5.40. The van der Waals surface area contributed by atoms with E-state index >= 15 is 0 Å². The van der Waals surface area contributed by atoms with Gasteiger partial charge < -0.3 is 10.3 Å². The zero-order chi connectivity index (χ0) is 13.1. The summed E-state index contributed by atoms with van der Waals surface area (Å²) in [4.78, 5) is 14.3. The lowest BCUT2D eigenvalue weighted by Gasteiger charge is -2.26. The molecule has 19 heavy (non-hydrogen) atoms. The van der Waals surface area contributed by atoms with Crippen molar-refractivity contribution in [1.82, 2.24) is 20.1 Å². The number of H-pyrrole nitrogens is 1. The first kappa shape index (κ1) is 12.2. The standard InChI is InChI=1S/C14H18N4O/c19-14-6-5-11-12(3-1-4-13(11)17-14)15-8-10-18-9-2-7-16-18/h2,5-7,9,12,15H,1,3-4,8,10H2,(H,17,19). The predicted molar refractivity (Wildman–Crippen MR) is 73.0 cm³/mol. The van der Waals surface area contributed by atoms with Gasteiger partial charge in [0.2, 0.25) is 5.56 Å². The molecule has 1 aliphatic rings. The van der Waals surface area contributed by atoms with Crippen LogP contribution in [0.25, 0.3) is 0 Å². The van der Waals surface area contributed by atoms with Crippen molar-refractivity contribution < 1.29 is 0 Å². The molecule has 0 amide bonds. The molecule has 0 saturated heterocycles. The quantitative estimate of drug-likeness (QED) is 0.867. The van der Waals surface area contributed by atoms with Gasteiger partial charge in [-0.2, -0.15) is 5.10 Å². The molecular weight excluding hydrogens is 240 g/mol. The van der Waals surface area contributed by atoms with Crippen molar-refractivity contribution in [3.8, 4) is 0 Å². The van der Waals surface area contributed by atoms with Crippen LogP contribution in [0.4, 0.5) is 0 Å². The van der Waals surface area contributed by atoms with E-state index in [1.54, 1.807) is 12.3 Å². The molecule has 0 spiro atoms. The molecule has 1 atom stereocenters. The van der Waals surface area contributed by atoms with Crippen molar-refractivity contribution in [2.45, 2.75) is 31.8 Å². The molecule has 5 heteroatoms. The number of aryl methyl sites for hydroxylation is 1. The smallest absolute Gasteiger partial charge is 0.248 e. The monoisotopic (exact) mass is 258 g/mol. The molecule has 2 aromatic heterocycles. The van der Waals surface area contributed by atoms with Gasteiger partial charge in [0.25, 0.3) is 0 Å². The number of nitrogens with zero attached hydrogens (tertiary/aromatic N) is 2. The Hall–Kier alpha value is -1.88. The molecule has 2 N–H and O–H groups in total. The first-order valence-electron chi connectivity index (χ1n) is 6.76. The van der Waals surface area contributed by atoms with Gasteiger partial charge in [-0.3, -0.25) is 9.48 Å². The van der Waals surface area contributed by atoms with Gasteiger partial charge in [-0.05, 0) is 30.9 Å². The van der Waals surface area contributed by atoms with Crippen molar-refractivity contribution >= 4 is 0 Å². The van der Waals surface area contributed by atoms with E-state index in [1.165, 1.54) is 5.56 Å². The first-order chi connectivity index (χ1) is 9.33. The summed E-state index contributed by atoms with van der Waals surface area (Å²) in [6.07, 6.45) is 6.97. The van der Waals surface area contributed by atoms with E-state index in [2.05, 4.69) is 15.4 Å². The molecule has 3 rings (SSSR count). The number of rotatable bonds is 4. The summed E-state index contributed by atoms with van der Waals surface area (Å²) in [7, 11) is 0. The normalized spacial score (nSPS) is 18.2. The molecule has 0 saturated carbocycles. The van der Waals surface area contributed by atoms with E-state index in [4.69, 9.17) is 0 Å². The maximum absolute atomic E-state index is 11.3. The van der Waals surface area contributed by atoms with Crippen LogP contribution in [0.5, 0.6) is 0 Å². The van der Waals surface area contributed by atoms with E-state index in [1.807, 2.05) is 23.0 Å². The van der Waals surface area contributed by atoms with Crippen LogP contribution in [0.3, 0.4) is 0 Å². The van der Waals surface area contributed by atoms with E-state index in [-0.39, 0.29) is 5.56 Å². The molecule has 2 heterocycles. The third-order valence-electron chi connectivity index (χ3n) is 3.62. The highest BCUT2D eigenvalue weighted by molar-refractivity contribution is 5.26. The number of aromatic nitrogens is 3. The Bertz CT molecular complexity index is 588. The minimum Gasteiger partial charge on any atom is -0.326 e. The lowest BCUT2D eigenvalue weighted by Crippen LogP contribution is -2.29. The molecule has 0 aliphatic heterocycles. The maximum Gasteiger partial charge on any atom is 0.248 e. The molecule has 100 valence electrons. The van der Waals surface area contributed by atoms with Crippen LogP contribution in [0, 0.1) is 0 Å². The van der Waals surface area contributed by atoms with Crippen molar-refractivity contribution in [2.75, 3.05) is 6.54 Å². The second-order valence-corrected chi connectivity index (χ2v) is 4.92. The van der Waals surface area contributed by atoms with Crippen molar-refractivity contribution in [1.29, 1.82) is 0 Å². The highest BCUT2D eigenvalue weighted by Gasteiger charge is 2.19. The van der Waals surface area contributed by atoms with Gasteiger partial charge in [0, 0.05) is 36.7 Å². The van der Waals surface area contributed by atoms with E-state index in [9.17, 15) is 4.79 Å². The Morgan fingerprint density at radius 3 is 3.26 bits per heavy atom. The lowest BCUT2D eigenvalue weighted by atomic mass is 9.91. The van der Waals surface area contributed by atoms with Crippen molar-refractivity contribution in [2.24, 2.45) is 0 Å². The predicted octanol–water partition coefficient (Wildman–Crippen LogP) is 1.24. The molecule has 2 aromatic rings. The Balaban J connectivity index is 1.65. The molecule has 5 nitrogen and oxygen atoms in total. The van der Waals surface area contributed by atoms with Crippen LogP contribution >= 0.6 is 0 Å². The Kier molecular flexibility index (Phi) is 3.46. The Labute approximate surface area is 111 Å². The lowest BCUT2D eigenvalue weighted by molar-refractivity contribution is 0.433. The minimum atomic E-state index is -0.00376. The number of aromatic amines is 1. The molecule has 1 unspecified atom stereocenters. The van der Waals surface area contributed by atoms with Crippen LogP contribution in [0.15, 0.2) is 35.4 Å².